The average molecular weight is 656 g/mol. The molecule has 0 saturated heterocycles. The monoisotopic (exact) mass is 655 g/mol. The second-order valence-corrected chi connectivity index (χ2v) is 11.5. The normalized spacial score (nSPS) is 12.5. The predicted molar refractivity (Wildman–Crippen MR) is 146 cm³/mol. The van der Waals surface area contributed by atoms with Gasteiger partial charge in [0.2, 0.25) is 39.9 Å². The molecule has 0 aliphatic rings. The van der Waals surface area contributed by atoms with Crippen LogP contribution in [0.2, 0.25) is 5.15 Å². The van der Waals surface area contributed by atoms with E-state index in [1.54, 1.807) is 39.2 Å². The van der Waals surface area contributed by atoms with E-state index in [9.17, 15) is 35.2 Å². The van der Waals surface area contributed by atoms with E-state index in [0.29, 0.717) is 22.3 Å². The van der Waals surface area contributed by atoms with Crippen molar-refractivity contribution < 1.29 is 43.7 Å². The number of benzene rings is 2. The third-order valence-corrected chi connectivity index (χ3v) is 7.85. The lowest BCUT2D eigenvalue weighted by Crippen LogP contribution is -2.18. The summed E-state index contributed by atoms with van der Waals surface area (Å²) in [6.07, 6.45) is 2.06. The van der Waals surface area contributed by atoms with Crippen molar-refractivity contribution in [3.8, 4) is 22.8 Å². The lowest BCUT2D eigenvalue weighted by Gasteiger charge is -2.19. The SMILES string of the molecule is Cc1cc([C@@H](C)Oc2ccc(Cl)nc2S(=O)(=O)Oc2c(F)c(F)c(F)c(F)c2F)c2oc(-c3cnn(C)c3)c(C)c(=O)c2c1. The summed E-state index contributed by atoms with van der Waals surface area (Å²) in [5.41, 5.74) is 1.53. The van der Waals surface area contributed by atoms with E-state index in [4.69, 9.17) is 20.8 Å². The fourth-order valence-electron chi connectivity index (χ4n) is 4.42. The number of hydrogen-bond acceptors (Lipinski definition) is 8. The molecule has 0 saturated carbocycles. The van der Waals surface area contributed by atoms with Crippen molar-refractivity contribution in [3.63, 3.8) is 0 Å². The molecule has 3 heterocycles. The van der Waals surface area contributed by atoms with Crippen LogP contribution in [-0.2, 0) is 17.2 Å². The van der Waals surface area contributed by atoms with Crippen LogP contribution < -0.4 is 14.3 Å². The molecule has 16 heteroatoms. The first-order valence-electron chi connectivity index (χ1n) is 12.5. The number of hydrogen-bond donors (Lipinski definition) is 0. The van der Waals surface area contributed by atoms with Crippen LogP contribution in [0.4, 0.5) is 22.0 Å². The summed E-state index contributed by atoms with van der Waals surface area (Å²) in [5.74, 6) is -14.8. The molecule has 5 aromatic rings. The third kappa shape index (κ3) is 5.36. The van der Waals surface area contributed by atoms with Gasteiger partial charge in [-0.2, -0.15) is 22.3 Å². The van der Waals surface area contributed by atoms with Gasteiger partial charge in [0.15, 0.2) is 11.2 Å². The minimum Gasteiger partial charge on any atom is -0.483 e. The van der Waals surface area contributed by atoms with Gasteiger partial charge in [-0.1, -0.05) is 11.6 Å². The predicted octanol–water partition coefficient (Wildman–Crippen LogP) is 6.46. The first kappa shape index (κ1) is 30.9. The molecule has 0 unspecified atom stereocenters. The maximum absolute atomic E-state index is 14.2. The van der Waals surface area contributed by atoms with Gasteiger partial charge in [-0.05, 0) is 50.6 Å². The first-order chi connectivity index (χ1) is 20.6. The Morgan fingerprint density at radius 3 is 2.25 bits per heavy atom. The van der Waals surface area contributed by atoms with Gasteiger partial charge < -0.3 is 13.3 Å². The van der Waals surface area contributed by atoms with E-state index in [2.05, 4.69) is 14.3 Å². The molecule has 1 atom stereocenters. The minimum absolute atomic E-state index is 0.113. The number of ether oxygens (including phenoxy) is 1. The number of nitrogens with zero attached hydrogens (tertiary/aromatic N) is 3. The molecule has 5 rings (SSSR count). The van der Waals surface area contributed by atoms with E-state index in [1.165, 1.54) is 17.8 Å². The Kier molecular flexibility index (Phi) is 7.88. The smallest absolute Gasteiger partial charge is 0.360 e. The van der Waals surface area contributed by atoms with Crippen LogP contribution in [0.5, 0.6) is 11.5 Å². The van der Waals surface area contributed by atoms with Crippen molar-refractivity contribution in [1.82, 2.24) is 14.8 Å². The molecule has 44 heavy (non-hydrogen) atoms. The summed E-state index contributed by atoms with van der Waals surface area (Å²) < 4.78 is 113. The Balaban J connectivity index is 1.60. The fraction of sp³-hybridized carbons (Fsp3) is 0.179. The Hall–Kier alpha value is -4.50. The highest BCUT2D eigenvalue weighted by Crippen LogP contribution is 2.37. The molecular weight excluding hydrogens is 637 g/mol. The molecule has 0 bridgehead atoms. The summed E-state index contributed by atoms with van der Waals surface area (Å²) in [6, 6.07) is 5.40. The molecule has 9 nitrogen and oxygen atoms in total. The Labute approximate surface area is 250 Å². The van der Waals surface area contributed by atoms with Crippen molar-refractivity contribution >= 4 is 32.7 Å². The highest BCUT2D eigenvalue weighted by atomic mass is 35.5. The van der Waals surface area contributed by atoms with Gasteiger partial charge in [-0.25, -0.2) is 18.2 Å². The standard InChI is InChI=1S/C28H19ClF5N3O6S/c1-11-7-15(26-16(8-11)24(38)12(2)25(42-26)14-9-35-37(4)10-14)13(3)41-17-5-6-18(29)36-28(17)44(39,40)43-27-22(33)20(31)19(30)21(32)23(27)34/h5-10,13H,1-4H3/t13-/m1/s1. The molecular formula is C28H19ClF5N3O6S. The zero-order chi connectivity index (χ0) is 32.2. The van der Waals surface area contributed by atoms with E-state index >= 15 is 0 Å². The quantitative estimate of drug-likeness (QED) is 0.0645. The van der Waals surface area contributed by atoms with Gasteiger partial charge >= 0.3 is 10.1 Å². The van der Waals surface area contributed by atoms with E-state index in [0.717, 1.165) is 12.1 Å². The van der Waals surface area contributed by atoms with Gasteiger partial charge in [-0.3, -0.25) is 9.48 Å². The van der Waals surface area contributed by atoms with Crippen LogP contribution in [0, 0.1) is 42.9 Å². The lowest BCUT2D eigenvalue weighted by atomic mass is 10.0. The Bertz CT molecular complexity index is 2120. The molecule has 230 valence electrons. The number of rotatable bonds is 7. The van der Waals surface area contributed by atoms with Crippen molar-refractivity contribution in [2.75, 3.05) is 0 Å². The van der Waals surface area contributed by atoms with Gasteiger partial charge in [0.25, 0.3) is 0 Å². The maximum Gasteiger partial charge on any atom is 0.360 e. The van der Waals surface area contributed by atoms with Crippen LogP contribution in [0.1, 0.15) is 29.7 Å². The summed E-state index contributed by atoms with van der Waals surface area (Å²) in [6.45, 7) is 4.78. The Morgan fingerprint density at radius 1 is 1.00 bits per heavy atom. The van der Waals surface area contributed by atoms with Crippen LogP contribution in [0.25, 0.3) is 22.3 Å². The molecule has 3 aromatic heterocycles. The summed E-state index contributed by atoms with van der Waals surface area (Å²) >= 11 is 5.86. The molecule has 0 aliphatic carbocycles. The molecule has 0 radical (unpaired) electrons. The Morgan fingerprint density at radius 2 is 1.64 bits per heavy atom. The van der Waals surface area contributed by atoms with Crippen LogP contribution in [0.3, 0.4) is 0 Å². The van der Waals surface area contributed by atoms with Crippen molar-refractivity contribution in [3.05, 3.63) is 97.8 Å². The topological polar surface area (TPSA) is 114 Å². The molecule has 2 aromatic carbocycles. The second-order valence-electron chi connectivity index (χ2n) is 9.65. The number of pyridine rings is 1. The van der Waals surface area contributed by atoms with E-state index in [1.807, 2.05) is 0 Å². The van der Waals surface area contributed by atoms with Gasteiger partial charge in [0, 0.05) is 24.4 Å². The molecule has 0 fully saturated rings. The number of aromatic nitrogens is 3. The molecule has 0 N–H and O–H groups in total. The fourth-order valence-corrected chi connectivity index (χ4v) is 5.63. The zero-order valence-corrected chi connectivity index (χ0v) is 24.6. The molecule has 0 amide bonds. The maximum atomic E-state index is 14.2. The summed E-state index contributed by atoms with van der Waals surface area (Å²) in [5, 5.41) is 2.74. The minimum atomic E-state index is -5.43. The van der Waals surface area contributed by atoms with Gasteiger partial charge in [-0.15, -0.1) is 0 Å². The average Bonchev–Trinajstić information content (AvgIpc) is 3.41. The second kappa shape index (κ2) is 11.2. The van der Waals surface area contributed by atoms with Crippen molar-refractivity contribution in [2.24, 2.45) is 7.05 Å². The van der Waals surface area contributed by atoms with Gasteiger partial charge in [0.1, 0.15) is 22.6 Å². The lowest BCUT2D eigenvalue weighted by molar-refractivity contribution is 0.218. The number of halogens is 6. The van der Waals surface area contributed by atoms with E-state index in [-0.39, 0.29) is 22.2 Å². The third-order valence-electron chi connectivity index (χ3n) is 6.49. The van der Waals surface area contributed by atoms with E-state index < -0.39 is 67.0 Å². The highest BCUT2D eigenvalue weighted by Gasteiger charge is 2.34. The first-order valence-corrected chi connectivity index (χ1v) is 14.3. The van der Waals surface area contributed by atoms with Crippen molar-refractivity contribution in [2.45, 2.75) is 31.9 Å². The molecule has 0 spiro atoms. The van der Waals surface area contributed by atoms with Gasteiger partial charge in [0.05, 0.1) is 17.1 Å². The van der Waals surface area contributed by atoms with Crippen LogP contribution in [0.15, 0.2) is 50.9 Å². The van der Waals surface area contributed by atoms with Crippen molar-refractivity contribution in [1.29, 1.82) is 0 Å². The number of aryl methyl sites for hydroxylation is 2. The largest absolute Gasteiger partial charge is 0.483 e. The highest BCUT2D eigenvalue weighted by molar-refractivity contribution is 7.87. The number of fused-ring (bicyclic) bond motifs is 1. The summed E-state index contributed by atoms with van der Waals surface area (Å²) in [7, 11) is -3.74. The molecule has 0 aliphatic heterocycles. The van der Waals surface area contributed by atoms with Crippen LogP contribution in [-0.4, -0.2) is 23.2 Å². The zero-order valence-electron chi connectivity index (χ0n) is 23.0. The van der Waals surface area contributed by atoms with Crippen LogP contribution >= 0.6 is 11.6 Å². The summed E-state index contributed by atoms with van der Waals surface area (Å²) in [4.78, 5) is 17.0.